The van der Waals surface area contributed by atoms with Crippen molar-refractivity contribution in [1.82, 2.24) is 0 Å². The van der Waals surface area contributed by atoms with Crippen LogP contribution in [0.2, 0.25) is 0 Å². The van der Waals surface area contributed by atoms with Crippen LogP contribution in [0, 0.1) is 0 Å². The summed E-state index contributed by atoms with van der Waals surface area (Å²) in [5.41, 5.74) is 2.70. The average molecular weight is 1170 g/mol. The number of aliphatic carboxylic acids is 1. The highest BCUT2D eigenvalue weighted by Crippen LogP contribution is 2.52. The Balaban J connectivity index is 0.000000252. The standard InChI is InChI=1S/C24H46O3.C21H16O5.C18H13NO3.C6H15O2P/c1-2-3-4-5-6-8-11-14-17-20-23(25)21-18-15-12-9-7-10-13-16-19-22-24(26)27;1-24-17-12-14(20(22)23)13-18-19(17)26-21(25-18,15-8-4-2-5-9-15)16-10-6-3-7-11-16;20-17-10-9-12-5-1-2-6-13(12)15(17)11-19-16-8-4-3-7-14(16)18(21)22;1-3-5-9(7,8)6-4-2/h2-22H2,1H3,(H,26,27);2-13H,1H3,(H,22,23);1-11,20H,(H,21,22);3-6H2,1-2H3,(H,7,8). The number of nitrogens with zero attached hydrogens (tertiary/aromatic N) is 1. The van der Waals surface area contributed by atoms with Crippen molar-refractivity contribution in [1.29, 1.82) is 0 Å². The van der Waals surface area contributed by atoms with E-state index < -0.39 is 31.1 Å². The highest BCUT2D eigenvalue weighted by molar-refractivity contribution is 7.57. The zero-order valence-corrected chi connectivity index (χ0v) is 50.7. The molecule has 1 aliphatic rings. The molecule has 0 amide bonds. The van der Waals surface area contributed by atoms with Gasteiger partial charge in [0.1, 0.15) is 11.5 Å². The fourth-order valence-electron chi connectivity index (χ4n) is 9.79. The highest BCUT2D eigenvalue weighted by atomic mass is 31.2. The molecule has 0 unspecified atom stereocenters. The van der Waals surface area contributed by atoms with Gasteiger partial charge in [-0.2, -0.15) is 0 Å². The van der Waals surface area contributed by atoms with Gasteiger partial charge in [-0.1, -0.05) is 220 Å². The van der Waals surface area contributed by atoms with Gasteiger partial charge in [-0.05, 0) is 73.2 Å². The summed E-state index contributed by atoms with van der Waals surface area (Å²) in [6.07, 6.45) is 28.0. The minimum atomic E-state index is -2.69. The number of carbonyl (C=O) groups excluding carboxylic acids is 1. The van der Waals surface area contributed by atoms with Gasteiger partial charge in [0, 0.05) is 54.5 Å². The second-order valence-corrected chi connectivity index (χ2v) is 23.7. The van der Waals surface area contributed by atoms with Crippen molar-refractivity contribution in [2.45, 2.75) is 174 Å². The maximum atomic E-state index is 11.9. The zero-order valence-electron chi connectivity index (χ0n) is 49.9. The number of fused-ring (bicyclic) bond motifs is 2. The number of phenols is 1. The molecular weight excluding hydrogens is 1080 g/mol. The minimum absolute atomic E-state index is 0.0705. The summed E-state index contributed by atoms with van der Waals surface area (Å²) in [5, 5.41) is 39.0. The van der Waals surface area contributed by atoms with Crippen LogP contribution in [0.25, 0.3) is 10.8 Å². The SMILES string of the molecule is CCCCCCCCCCCC(=O)CCCCCCCCCCCC(=O)O.CCCP(=O)(O)CCC.COc1cc(C(=O)O)cc2c1OC(c1ccccc1)(c1ccccc1)O2.O=C(O)c1ccccc1N=Cc1c(O)ccc2ccccc12. The fraction of sp³-hybridized carbons (Fsp3) is 0.435. The van der Waals surface area contributed by atoms with Crippen LogP contribution in [0.15, 0.2) is 138 Å². The van der Waals surface area contributed by atoms with Gasteiger partial charge in [0.05, 0.1) is 23.9 Å². The Morgan fingerprint density at radius 1 is 0.560 bits per heavy atom. The van der Waals surface area contributed by atoms with E-state index in [1.807, 2.05) is 105 Å². The molecule has 15 heteroatoms. The predicted octanol–water partition coefficient (Wildman–Crippen LogP) is 18.0. The van der Waals surface area contributed by atoms with E-state index in [2.05, 4.69) is 11.9 Å². The van der Waals surface area contributed by atoms with Crippen LogP contribution >= 0.6 is 7.37 Å². The number of para-hydroxylation sites is 1. The number of unbranched alkanes of at least 4 members (excludes halogenated alkanes) is 16. The molecule has 0 radical (unpaired) electrons. The Morgan fingerprint density at radius 2 is 1.05 bits per heavy atom. The average Bonchev–Trinajstić information content (AvgIpc) is 1.85. The summed E-state index contributed by atoms with van der Waals surface area (Å²) < 4.78 is 28.8. The molecule has 0 fully saturated rings. The minimum Gasteiger partial charge on any atom is -0.507 e. The monoisotopic (exact) mass is 1170 g/mol. The van der Waals surface area contributed by atoms with Crippen molar-refractivity contribution in [3.05, 3.63) is 161 Å². The summed E-state index contributed by atoms with van der Waals surface area (Å²) in [6.45, 7) is 6.11. The van der Waals surface area contributed by atoms with E-state index in [0.717, 1.165) is 79.7 Å². The van der Waals surface area contributed by atoms with E-state index in [4.69, 9.17) is 29.3 Å². The molecule has 14 nitrogen and oxygen atoms in total. The summed E-state index contributed by atoms with van der Waals surface area (Å²) >= 11 is 0. The Hall–Kier alpha value is -7.28. The predicted molar refractivity (Wildman–Crippen MR) is 337 cm³/mol. The number of ether oxygens (including phenoxy) is 3. The molecule has 84 heavy (non-hydrogen) atoms. The molecule has 1 heterocycles. The summed E-state index contributed by atoms with van der Waals surface area (Å²) in [4.78, 5) is 58.2. The second-order valence-electron chi connectivity index (χ2n) is 21.2. The number of rotatable bonds is 33. The molecule has 5 N–H and O–H groups in total. The Kier molecular flexibility index (Phi) is 31.8. The summed E-state index contributed by atoms with van der Waals surface area (Å²) in [7, 11) is -1.22. The van der Waals surface area contributed by atoms with Crippen LogP contribution in [-0.2, 0) is 19.9 Å². The van der Waals surface area contributed by atoms with E-state index in [9.17, 15) is 34.0 Å². The van der Waals surface area contributed by atoms with E-state index >= 15 is 0 Å². The van der Waals surface area contributed by atoms with Crippen molar-refractivity contribution < 1.29 is 63.3 Å². The molecule has 1 aliphatic heterocycles. The maximum Gasteiger partial charge on any atom is 0.337 e. The molecule has 6 aromatic rings. The molecular formula is C69H90NO13P. The van der Waals surface area contributed by atoms with Crippen molar-refractivity contribution in [3.63, 3.8) is 0 Å². The Bertz CT molecular complexity index is 2950. The van der Waals surface area contributed by atoms with E-state index in [1.54, 1.807) is 24.3 Å². The first-order chi connectivity index (χ1) is 40.6. The number of hydrogen-bond donors (Lipinski definition) is 5. The fourth-order valence-corrected chi connectivity index (χ4v) is 11.4. The van der Waals surface area contributed by atoms with Crippen molar-refractivity contribution in [2.24, 2.45) is 4.99 Å². The van der Waals surface area contributed by atoms with Crippen LogP contribution in [-0.4, -0.2) is 74.7 Å². The molecule has 0 bridgehead atoms. The molecule has 0 spiro atoms. The quantitative estimate of drug-likeness (QED) is 0.0147. The lowest BCUT2D eigenvalue weighted by Gasteiger charge is -2.28. The van der Waals surface area contributed by atoms with Gasteiger partial charge in [-0.25, -0.2) is 9.59 Å². The van der Waals surface area contributed by atoms with Crippen molar-refractivity contribution in [3.8, 4) is 23.0 Å². The lowest BCUT2D eigenvalue weighted by atomic mass is 9.97. The van der Waals surface area contributed by atoms with E-state index in [1.165, 1.54) is 115 Å². The highest BCUT2D eigenvalue weighted by Gasteiger charge is 2.47. The first-order valence-corrected chi connectivity index (χ1v) is 32.2. The molecule has 6 aromatic carbocycles. The lowest BCUT2D eigenvalue weighted by molar-refractivity contribution is -0.137. The number of Topliss-reactive ketones (excluding diaryl/α,β-unsaturated/α-hetero) is 1. The van der Waals surface area contributed by atoms with Gasteiger partial charge in [-0.15, -0.1) is 0 Å². The largest absolute Gasteiger partial charge is 0.507 e. The van der Waals surface area contributed by atoms with Crippen LogP contribution in [0.5, 0.6) is 23.0 Å². The Labute approximate surface area is 497 Å². The third-order valence-corrected chi connectivity index (χ3v) is 16.6. The molecule has 0 aliphatic carbocycles. The molecule has 0 aromatic heterocycles. The molecule has 0 saturated carbocycles. The van der Waals surface area contributed by atoms with Crippen LogP contribution in [0.3, 0.4) is 0 Å². The number of aromatic hydroxyl groups is 1. The molecule has 0 atom stereocenters. The number of aromatic carboxylic acids is 2. The van der Waals surface area contributed by atoms with E-state index in [0.29, 0.717) is 53.0 Å². The van der Waals surface area contributed by atoms with Crippen LogP contribution in [0.4, 0.5) is 5.69 Å². The van der Waals surface area contributed by atoms with Crippen molar-refractivity contribution in [2.75, 3.05) is 19.4 Å². The number of hydrogen-bond acceptors (Lipinski definition) is 10. The second kappa shape index (κ2) is 38.6. The summed E-state index contributed by atoms with van der Waals surface area (Å²) in [5.74, 6) is -2.39. The first kappa shape index (κ1) is 69.2. The number of carboxylic acid groups (broad SMARTS) is 3. The third-order valence-electron chi connectivity index (χ3n) is 14.3. The van der Waals surface area contributed by atoms with E-state index in [-0.39, 0.29) is 16.9 Å². The van der Waals surface area contributed by atoms with Gasteiger partial charge in [0.25, 0.3) is 0 Å². The van der Waals surface area contributed by atoms with Crippen LogP contribution < -0.4 is 14.2 Å². The summed E-state index contributed by atoms with van der Waals surface area (Å²) in [6, 6.07) is 39.5. The maximum absolute atomic E-state index is 11.9. The lowest BCUT2D eigenvalue weighted by Crippen LogP contribution is -2.36. The van der Waals surface area contributed by atoms with Gasteiger partial charge < -0.3 is 39.5 Å². The number of benzene rings is 6. The van der Waals surface area contributed by atoms with Gasteiger partial charge in [0.2, 0.25) is 13.1 Å². The first-order valence-electron chi connectivity index (χ1n) is 30.1. The van der Waals surface area contributed by atoms with Crippen LogP contribution in [0.1, 0.15) is 206 Å². The molecule has 0 saturated heterocycles. The van der Waals surface area contributed by atoms with Gasteiger partial charge in [0.15, 0.2) is 11.5 Å². The van der Waals surface area contributed by atoms with Gasteiger partial charge in [-0.3, -0.25) is 19.1 Å². The smallest absolute Gasteiger partial charge is 0.337 e. The zero-order chi connectivity index (χ0) is 61.0. The number of ketones is 1. The van der Waals surface area contributed by atoms with Crippen molar-refractivity contribution >= 4 is 53.7 Å². The normalized spacial score (nSPS) is 12.1. The number of carbonyl (C=O) groups is 4. The number of methoxy groups -OCH3 is 1. The molecule has 454 valence electrons. The number of aliphatic imine (C=N–C) groups is 1. The third kappa shape index (κ3) is 24.1. The number of carboxylic acids is 3. The molecule has 7 rings (SSSR count). The van der Waals surface area contributed by atoms with Gasteiger partial charge >= 0.3 is 23.7 Å². The topological polar surface area (TPSA) is 227 Å². The number of phenolic OH excluding ortho intramolecular Hbond substituents is 1. The Morgan fingerprint density at radius 3 is 1.55 bits per heavy atom.